The summed E-state index contributed by atoms with van der Waals surface area (Å²) in [5.74, 6) is -0.884. The molecule has 1 aliphatic heterocycles. The lowest BCUT2D eigenvalue weighted by Gasteiger charge is -2.30. The molecule has 1 aliphatic rings. The molecular formula is C51H46O12. The van der Waals surface area contributed by atoms with Crippen LogP contribution in [0.5, 0.6) is 46.0 Å². The molecule has 12 heteroatoms. The number of carbonyl (C=O) groups excluding carboxylic acids is 1. The molecule has 1 aromatic heterocycles. The molecule has 0 spiro atoms. The Kier molecular flexibility index (Phi) is 13.6. The fourth-order valence-electron chi connectivity index (χ4n) is 6.90. The summed E-state index contributed by atoms with van der Waals surface area (Å²) in [5.41, 5.74) is 6.47. The van der Waals surface area contributed by atoms with Gasteiger partial charge >= 0.3 is 5.63 Å². The first-order valence-corrected chi connectivity index (χ1v) is 19.6. The molecule has 0 aliphatic carbocycles. The number of allylic oxidation sites excluding steroid dienone is 2. The number of aliphatic hydroxyl groups excluding tert-OH is 1. The van der Waals surface area contributed by atoms with Crippen LogP contribution in [0.1, 0.15) is 44.3 Å². The Morgan fingerprint density at radius 3 is 2.00 bits per heavy atom. The van der Waals surface area contributed by atoms with E-state index < -0.39 is 23.7 Å². The summed E-state index contributed by atoms with van der Waals surface area (Å²) >= 11 is 0. The highest BCUT2D eigenvalue weighted by Crippen LogP contribution is 2.43. The zero-order chi connectivity index (χ0) is 45.5. The molecule has 63 heavy (non-hydrogen) atoms. The van der Waals surface area contributed by atoms with Gasteiger partial charge in [0.05, 0.1) is 12.7 Å². The quantitative estimate of drug-likeness (QED) is 0.0564. The molecule has 7 N–H and O–H groups in total. The van der Waals surface area contributed by atoms with Crippen LogP contribution in [0.3, 0.4) is 0 Å². The predicted octanol–water partition coefficient (Wildman–Crippen LogP) is 9.49. The molecule has 8 rings (SSSR count). The van der Waals surface area contributed by atoms with Gasteiger partial charge in [-0.1, -0.05) is 48.6 Å². The van der Waals surface area contributed by atoms with E-state index in [0.717, 1.165) is 63.1 Å². The third-order valence-corrected chi connectivity index (χ3v) is 10.3. The fraction of sp³-hybridized carbons (Fsp3) is 0.137. The molecule has 2 unspecified atom stereocenters. The molecule has 0 saturated heterocycles. The van der Waals surface area contributed by atoms with E-state index in [1.807, 2.05) is 79.7 Å². The SMILES string of the molecule is C=CCc1ccc(O)c(-c2ccc(O)c(CC=C)c2)c1.COc1ccc(-c2cc3ccc(C)cc3oc2=O)cc1.Cc1c(O)cc(C2Oc3cc(O)cc(O)c3C(=O)C2O)cc1O. The summed E-state index contributed by atoms with van der Waals surface area (Å²) in [6, 6.07) is 30.5. The van der Waals surface area contributed by atoms with E-state index in [1.165, 1.54) is 19.1 Å². The van der Waals surface area contributed by atoms with Crippen LogP contribution in [0.4, 0.5) is 0 Å². The number of benzene rings is 6. The lowest BCUT2D eigenvalue weighted by atomic mass is 9.92. The highest BCUT2D eigenvalue weighted by atomic mass is 16.5. The zero-order valence-electron chi connectivity index (χ0n) is 34.7. The summed E-state index contributed by atoms with van der Waals surface area (Å²) in [6.45, 7) is 10.9. The summed E-state index contributed by atoms with van der Waals surface area (Å²) in [4.78, 5) is 24.4. The number of methoxy groups -OCH3 is 1. The van der Waals surface area contributed by atoms with Crippen molar-refractivity contribution in [3.8, 4) is 68.2 Å². The number of phenolic OH excluding ortho intramolecular Hbond substituents is 6. The molecule has 2 heterocycles. The third kappa shape index (κ3) is 9.99. The Hall–Kier alpha value is -7.96. The second-order valence-corrected chi connectivity index (χ2v) is 14.8. The maximum atomic E-state index is 12.3. The molecular weight excluding hydrogens is 805 g/mol. The number of aliphatic hydroxyl groups is 1. The summed E-state index contributed by atoms with van der Waals surface area (Å²) < 4.78 is 16.0. The van der Waals surface area contributed by atoms with E-state index in [1.54, 1.807) is 31.4 Å². The van der Waals surface area contributed by atoms with Crippen molar-refractivity contribution in [3.05, 3.63) is 178 Å². The molecule has 322 valence electrons. The second-order valence-electron chi connectivity index (χ2n) is 14.8. The topological polar surface area (TPSA) is 207 Å². The first-order valence-electron chi connectivity index (χ1n) is 19.6. The average molecular weight is 851 g/mol. The molecule has 0 fully saturated rings. The summed E-state index contributed by atoms with van der Waals surface area (Å²) in [5, 5.41) is 69.8. The van der Waals surface area contributed by atoms with Crippen LogP contribution in [0.2, 0.25) is 0 Å². The second kappa shape index (κ2) is 19.2. The van der Waals surface area contributed by atoms with Crippen LogP contribution in [-0.2, 0) is 12.8 Å². The van der Waals surface area contributed by atoms with Gasteiger partial charge in [0.1, 0.15) is 57.1 Å². The number of rotatable bonds is 8. The minimum absolute atomic E-state index is 0.0950. The van der Waals surface area contributed by atoms with E-state index in [4.69, 9.17) is 13.9 Å². The van der Waals surface area contributed by atoms with Crippen molar-refractivity contribution < 1.29 is 54.4 Å². The van der Waals surface area contributed by atoms with Crippen LogP contribution < -0.4 is 15.1 Å². The molecule has 0 amide bonds. The number of phenols is 6. The maximum Gasteiger partial charge on any atom is 0.344 e. The van der Waals surface area contributed by atoms with E-state index in [-0.39, 0.29) is 56.8 Å². The number of aromatic hydroxyl groups is 6. The van der Waals surface area contributed by atoms with Crippen molar-refractivity contribution in [1.82, 2.24) is 0 Å². The lowest BCUT2D eigenvalue weighted by molar-refractivity contribution is 0.0209. The van der Waals surface area contributed by atoms with Gasteiger partial charge in [-0.2, -0.15) is 0 Å². The van der Waals surface area contributed by atoms with E-state index >= 15 is 0 Å². The highest BCUT2D eigenvalue weighted by Gasteiger charge is 2.39. The Bertz CT molecular complexity index is 2870. The van der Waals surface area contributed by atoms with Crippen LogP contribution in [0.25, 0.3) is 33.2 Å². The van der Waals surface area contributed by atoms with Crippen LogP contribution in [0.15, 0.2) is 144 Å². The molecule has 7 aromatic rings. The Morgan fingerprint density at radius 1 is 0.667 bits per heavy atom. The lowest BCUT2D eigenvalue weighted by Crippen LogP contribution is -2.36. The monoisotopic (exact) mass is 850 g/mol. The van der Waals surface area contributed by atoms with Crippen LogP contribution in [-0.4, -0.2) is 54.7 Å². The predicted molar refractivity (Wildman–Crippen MR) is 240 cm³/mol. The summed E-state index contributed by atoms with van der Waals surface area (Å²) in [6.07, 6.45) is 2.08. The molecule has 2 atom stereocenters. The number of carbonyl (C=O) groups is 1. The van der Waals surface area contributed by atoms with Crippen LogP contribution in [0, 0.1) is 13.8 Å². The number of aryl methyl sites for hydroxylation is 1. The minimum Gasteiger partial charge on any atom is -0.508 e. The van der Waals surface area contributed by atoms with Crippen molar-refractivity contribution in [3.63, 3.8) is 0 Å². The Morgan fingerprint density at radius 2 is 1.33 bits per heavy atom. The standard InChI is InChI=1S/C18H18O2.C17H14O3.C16H14O7/c1-3-5-13-7-9-18(20)16(11-13)14-8-10-17(19)15(12-14)6-4-2;1-11-3-4-13-10-15(17(18)20-16(13)9-11)12-5-7-14(19-2)8-6-12;1-6-9(18)2-7(3-10(6)19)16-15(22)14(21)13-11(20)4-8(17)5-12(13)23-16/h3-4,7-12,19-20H,1-2,5-6H2;3-10H,1-2H3;2-5,15-20,22H,1H3. The molecule has 0 saturated carbocycles. The molecule has 12 nitrogen and oxygen atoms in total. The zero-order valence-corrected chi connectivity index (χ0v) is 34.7. The molecule has 6 aromatic carbocycles. The largest absolute Gasteiger partial charge is 0.508 e. The number of hydrogen-bond acceptors (Lipinski definition) is 12. The van der Waals surface area contributed by atoms with Crippen molar-refractivity contribution in [1.29, 1.82) is 0 Å². The number of ether oxygens (including phenoxy) is 2. The van der Waals surface area contributed by atoms with Gasteiger partial charge in [0.25, 0.3) is 0 Å². The van der Waals surface area contributed by atoms with Gasteiger partial charge in [-0.3, -0.25) is 4.79 Å². The fourth-order valence-corrected chi connectivity index (χ4v) is 6.90. The first kappa shape index (κ1) is 44.6. The normalized spacial score (nSPS) is 13.9. The smallest absolute Gasteiger partial charge is 0.344 e. The number of hydrogen-bond donors (Lipinski definition) is 7. The third-order valence-electron chi connectivity index (χ3n) is 10.3. The van der Waals surface area contributed by atoms with E-state index in [2.05, 4.69) is 13.2 Å². The minimum atomic E-state index is -1.64. The maximum absolute atomic E-state index is 12.3. The molecule has 0 bridgehead atoms. The highest BCUT2D eigenvalue weighted by molar-refractivity contribution is 6.05. The Balaban J connectivity index is 0.000000158. The van der Waals surface area contributed by atoms with Crippen molar-refractivity contribution in [2.45, 2.75) is 38.9 Å². The van der Waals surface area contributed by atoms with Gasteiger partial charge in [-0.25, -0.2) is 4.79 Å². The van der Waals surface area contributed by atoms with Gasteiger partial charge in [0.2, 0.25) is 5.78 Å². The Labute approximate surface area is 362 Å². The van der Waals surface area contributed by atoms with E-state index in [9.17, 15) is 45.3 Å². The van der Waals surface area contributed by atoms with E-state index in [0.29, 0.717) is 17.6 Å². The van der Waals surface area contributed by atoms with Crippen LogP contribution >= 0.6 is 0 Å². The molecule has 0 radical (unpaired) electrons. The van der Waals surface area contributed by atoms with Crippen molar-refractivity contribution >= 4 is 16.8 Å². The van der Waals surface area contributed by atoms with Gasteiger partial charge in [-0.05, 0) is 115 Å². The van der Waals surface area contributed by atoms with Crippen molar-refractivity contribution in [2.75, 3.05) is 7.11 Å². The summed E-state index contributed by atoms with van der Waals surface area (Å²) in [7, 11) is 1.61. The van der Waals surface area contributed by atoms with Crippen molar-refractivity contribution in [2.24, 2.45) is 0 Å². The van der Waals surface area contributed by atoms with Gasteiger partial charge in [0.15, 0.2) is 12.2 Å². The first-order chi connectivity index (χ1) is 30.1. The van der Waals surface area contributed by atoms with Gasteiger partial charge in [0, 0.05) is 34.2 Å². The number of fused-ring (bicyclic) bond motifs is 2. The van der Waals surface area contributed by atoms with Gasteiger partial charge < -0.3 is 49.6 Å². The average Bonchev–Trinajstić information content (AvgIpc) is 3.25. The number of ketones is 1. The van der Waals surface area contributed by atoms with Gasteiger partial charge in [-0.15, -0.1) is 13.2 Å². The number of Topliss-reactive ketones (excluding diaryl/α,β-unsaturated/α-hetero) is 1.